The smallest absolute Gasteiger partial charge is 0.312 e. The minimum Gasteiger partial charge on any atom is -0.418 e. The zero-order valence-electron chi connectivity index (χ0n) is 8.27. The maximum atomic E-state index is 11.1. The molecule has 4 nitrogen and oxygen atoms in total. The molecule has 2 heterocycles. The molecule has 1 aliphatic heterocycles. The molecule has 1 fully saturated rings. The number of esters is 1. The Bertz CT molecular complexity index is 557. The number of imidazole rings is 1. The first-order valence-corrected chi connectivity index (χ1v) is 5.34. The molecule has 1 atom stereocenters. The lowest BCUT2D eigenvalue weighted by Crippen LogP contribution is -2.04. The fourth-order valence-corrected chi connectivity index (χ4v) is 2.11. The summed E-state index contributed by atoms with van der Waals surface area (Å²) in [5, 5.41) is 0.309. The number of H-pyrrole nitrogens is 1. The van der Waals surface area contributed by atoms with Gasteiger partial charge in [-0.25, -0.2) is 4.98 Å². The van der Waals surface area contributed by atoms with Gasteiger partial charge in [-0.1, -0.05) is 12.1 Å². The summed E-state index contributed by atoms with van der Waals surface area (Å²) < 4.78 is 4.86. The van der Waals surface area contributed by atoms with Crippen molar-refractivity contribution in [3.05, 3.63) is 30.1 Å². The van der Waals surface area contributed by atoms with E-state index in [4.69, 9.17) is 17.0 Å². The van der Waals surface area contributed by atoms with Crippen LogP contribution in [0.5, 0.6) is 0 Å². The first-order chi connectivity index (χ1) is 7.74. The van der Waals surface area contributed by atoms with Crippen molar-refractivity contribution >= 4 is 34.3 Å². The van der Waals surface area contributed by atoms with Gasteiger partial charge in [-0.05, 0) is 24.4 Å². The van der Waals surface area contributed by atoms with Crippen molar-refractivity contribution in [2.45, 2.75) is 12.3 Å². The number of carbonyl (C=O) groups excluding carboxylic acids is 1. The van der Waals surface area contributed by atoms with E-state index in [2.05, 4.69) is 9.97 Å². The van der Waals surface area contributed by atoms with Crippen LogP contribution in [0.25, 0.3) is 11.0 Å². The third-order valence-electron chi connectivity index (χ3n) is 2.61. The number of benzene rings is 1. The van der Waals surface area contributed by atoms with Gasteiger partial charge in [-0.2, -0.15) is 0 Å². The average Bonchev–Trinajstić information content (AvgIpc) is 2.81. The molecule has 1 saturated heterocycles. The normalized spacial score (nSPS) is 20.4. The predicted molar refractivity (Wildman–Crippen MR) is 62.1 cm³/mol. The van der Waals surface area contributed by atoms with Crippen LogP contribution in [0.3, 0.4) is 0 Å². The Balaban J connectivity index is 2.06. The number of hydrogen-bond acceptors (Lipinski definition) is 4. The maximum absolute atomic E-state index is 11.1. The molecule has 2 aromatic rings. The number of rotatable bonds is 1. The maximum Gasteiger partial charge on any atom is 0.312 e. The van der Waals surface area contributed by atoms with E-state index in [1.165, 1.54) is 0 Å². The SMILES string of the molecule is O=C1CC(c2nc3ccccc3[nH]2)C(=S)O1. The average molecular weight is 232 g/mol. The molecule has 1 aromatic carbocycles. The van der Waals surface area contributed by atoms with Gasteiger partial charge in [0.1, 0.15) is 5.82 Å². The number of para-hydroxylation sites is 2. The molecule has 3 rings (SSSR count). The van der Waals surface area contributed by atoms with Gasteiger partial charge in [0.2, 0.25) is 0 Å². The highest BCUT2D eigenvalue weighted by Crippen LogP contribution is 2.27. The fraction of sp³-hybridized carbons (Fsp3) is 0.182. The van der Waals surface area contributed by atoms with E-state index >= 15 is 0 Å². The molecule has 16 heavy (non-hydrogen) atoms. The summed E-state index contributed by atoms with van der Waals surface area (Å²) in [6.45, 7) is 0. The topological polar surface area (TPSA) is 55.0 Å². The molecule has 1 N–H and O–H groups in total. The van der Waals surface area contributed by atoms with Crippen LogP contribution in [-0.4, -0.2) is 21.0 Å². The van der Waals surface area contributed by atoms with Crippen LogP contribution in [-0.2, 0) is 9.53 Å². The number of ether oxygens (including phenoxy) is 1. The Morgan fingerprint density at radius 2 is 2.25 bits per heavy atom. The van der Waals surface area contributed by atoms with Gasteiger partial charge >= 0.3 is 5.97 Å². The number of hydrogen-bond donors (Lipinski definition) is 1. The van der Waals surface area contributed by atoms with Crippen molar-refractivity contribution in [1.82, 2.24) is 9.97 Å². The minimum atomic E-state index is -0.282. The molecule has 1 aliphatic rings. The Hall–Kier alpha value is -1.75. The Morgan fingerprint density at radius 3 is 2.94 bits per heavy atom. The Kier molecular flexibility index (Phi) is 2.00. The van der Waals surface area contributed by atoms with Crippen LogP contribution in [0.4, 0.5) is 0 Å². The zero-order chi connectivity index (χ0) is 11.1. The molecule has 0 amide bonds. The minimum absolute atomic E-state index is 0.213. The second-order valence-corrected chi connectivity index (χ2v) is 4.09. The summed E-state index contributed by atoms with van der Waals surface area (Å²) in [5.41, 5.74) is 1.82. The quantitative estimate of drug-likeness (QED) is 0.603. The van der Waals surface area contributed by atoms with E-state index in [9.17, 15) is 4.79 Å². The lowest BCUT2D eigenvalue weighted by Gasteiger charge is -2.00. The molecule has 0 radical (unpaired) electrons. The van der Waals surface area contributed by atoms with E-state index in [0.29, 0.717) is 10.9 Å². The lowest BCUT2D eigenvalue weighted by molar-refractivity contribution is -0.133. The number of cyclic esters (lactones) is 1. The van der Waals surface area contributed by atoms with Crippen molar-refractivity contribution in [3.8, 4) is 0 Å². The lowest BCUT2D eigenvalue weighted by atomic mass is 10.1. The van der Waals surface area contributed by atoms with E-state index in [0.717, 1.165) is 11.0 Å². The monoisotopic (exact) mass is 232 g/mol. The van der Waals surface area contributed by atoms with E-state index in [-0.39, 0.29) is 18.3 Å². The first-order valence-electron chi connectivity index (χ1n) is 4.93. The molecule has 0 bridgehead atoms. The standard InChI is InChI=1S/C11H8N2O2S/c14-9-5-6(11(16)15-9)10-12-7-3-1-2-4-8(7)13-10/h1-4,6H,5H2,(H,12,13). The Morgan fingerprint density at radius 1 is 1.44 bits per heavy atom. The van der Waals surface area contributed by atoms with Crippen molar-refractivity contribution < 1.29 is 9.53 Å². The van der Waals surface area contributed by atoms with Crippen molar-refractivity contribution in [2.75, 3.05) is 0 Å². The summed E-state index contributed by atoms with van der Waals surface area (Å²) in [7, 11) is 0. The highest BCUT2D eigenvalue weighted by Gasteiger charge is 2.33. The zero-order valence-corrected chi connectivity index (χ0v) is 9.08. The first kappa shape index (κ1) is 9.47. The Labute approximate surface area is 96.6 Å². The summed E-state index contributed by atoms with van der Waals surface area (Å²) in [5.74, 6) is 0.211. The van der Waals surface area contributed by atoms with Crippen LogP contribution in [0.15, 0.2) is 24.3 Å². The summed E-state index contributed by atoms with van der Waals surface area (Å²) in [6, 6.07) is 7.70. The van der Waals surface area contributed by atoms with Gasteiger partial charge in [-0.3, -0.25) is 4.79 Å². The van der Waals surface area contributed by atoms with Crippen LogP contribution in [0, 0.1) is 0 Å². The van der Waals surface area contributed by atoms with Gasteiger partial charge in [0.25, 0.3) is 0 Å². The van der Waals surface area contributed by atoms with Gasteiger partial charge in [0, 0.05) is 0 Å². The molecule has 1 unspecified atom stereocenters. The number of nitrogens with zero attached hydrogens (tertiary/aromatic N) is 1. The third-order valence-corrected chi connectivity index (χ3v) is 2.98. The van der Waals surface area contributed by atoms with Crippen molar-refractivity contribution in [2.24, 2.45) is 0 Å². The fourth-order valence-electron chi connectivity index (χ4n) is 1.82. The number of nitrogens with one attached hydrogen (secondary N) is 1. The highest BCUT2D eigenvalue weighted by atomic mass is 32.1. The number of aromatic amines is 1. The van der Waals surface area contributed by atoms with Crippen molar-refractivity contribution in [1.29, 1.82) is 0 Å². The molecular weight excluding hydrogens is 224 g/mol. The molecule has 0 spiro atoms. The molecule has 80 valence electrons. The molecule has 1 aromatic heterocycles. The number of fused-ring (bicyclic) bond motifs is 1. The summed E-state index contributed by atoms with van der Waals surface area (Å²) >= 11 is 5.00. The molecule has 0 aliphatic carbocycles. The van der Waals surface area contributed by atoms with E-state index < -0.39 is 0 Å². The number of thiocarbonyl (C=S) groups is 1. The van der Waals surface area contributed by atoms with Gasteiger partial charge in [-0.15, -0.1) is 0 Å². The third kappa shape index (κ3) is 1.40. The second kappa shape index (κ2) is 3.38. The van der Waals surface area contributed by atoms with Gasteiger partial charge in [0.15, 0.2) is 5.05 Å². The number of aromatic nitrogens is 2. The molecule has 5 heteroatoms. The largest absolute Gasteiger partial charge is 0.418 e. The van der Waals surface area contributed by atoms with E-state index in [1.54, 1.807) is 0 Å². The van der Waals surface area contributed by atoms with Crippen LogP contribution >= 0.6 is 12.2 Å². The molecule has 0 saturated carbocycles. The molecular formula is C11H8N2O2S. The summed E-state index contributed by atoms with van der Waals surface area (Å²) in [6.07, 6.45) is 0.276. The predicted octanol–water partition coefficient (Wildman–Crippen LogP) is 1.92. The summed E-state index contributed by atoms with van der Waals surface area (Å²) in [4.78, 5) is 18.7. The highest BCUT2D eigenvalue weighted by molar-refractivity contribution is 7.80. The number of carbonyl (C=O) groups is 1. The van der Waals surface area contributed by atoms with Gasteiger partial charge < -0.3 is 9.72 Å². The van der Waals surface area contributed by atoms with Gasteiger partial charge in [0.05, 0.1) is 23.4 Å². The van der Waals surface area contributed by atoms with E-state index in [1.807, 2.05) is 24.3 Å². The van der Waals surface area contributed by atoms with Crippen LogP contribution in [0.2, 0.25) is 0 Å². The second-order valence-electron chi connectivity index (χ2n) is 3.69. The van der Waals surface area contributed by atoms with Crippen molar-refractivity contribution in [3.63, 3.8) is 0 Å². The van der Waals surface area contributed by atoms with Crippen LogP contribution < -0.4 is 0 Å². The van der Waals surface area contributed by atoms with Crippen LogP contribution in [0.1, 0.15) is 18.2 Å².